The number of amides is 1. The van der Waals surface area contributed by atoms with E-state index in [4.69, 9.17) is 4.74 Å². The Bertz CT molecular complexity index is 907. The van der Waals surface area contributed by atoms with Crippen molar-refractivity contribution in [3.63, 3.8) is 0 Å². The number of quaternary nitrogens is 1. The molecule has 0 aliphatic heterocycles. The topological polar surface area (TPSA) is 67.7 Å². The first kappa shape index (κ1) is 19.9. The third-order valence-electron chi connectivity index (χ3n) is 4.17. The maximum absolute atomic E-state index is 12.2. The van der Waals surface area contributed by atoms with Gasteiger partial charge in [-0.1, -0.05) is 17.7 Å². The Hall–Kier alpha value is -2.90. The van der Waals surface area contributed by atoms with E-state index in [1.165, 1.54) is 5.56 Å². The first-order chi connectivity index (χ1) is 13.5. The molecule has 1 atom stereocenters. The van der Waals surface area contributed by atoms with E-state index in [1.807, 2.05) is 67.9 Å². The van der Waals surface area contributed by atoms with Gasteiger partial charge in [-0.2, -0.15) is 0 Å². The van der Waals surface area contributed by atoms with Gasteiger partial charge in [0.15, 0.2) is 11.7 Å². The number of likely N-dealkylation sites (N-methyl/N-ethyl adjacent to an activating group) is 1. The number of hydrogen-bond donors (Lipinski definition) is 3. The van der Waals surface area contributed by atoms with Crippen LogP contribution in [0.15, 0.2) is 53.9 Å². The molecule has 3 aromatic rings. The molecule has 0 aliphatic rings. The molecular weight excluding hydrogens is 372 g/mol. The summed E-state index contributed by atoms with van der Waals surface area (Å²) in [5.74, 6) is 0.813. The van der Waals surface area contributed by atoms with E-state index in [2.05, 4.69) is 15.6 Å². The molecule has 146 valence electrons. The van der Waals surface area contributed by atoms with Crippen molar-refractivity contribution in [2.45, 2.75) is 13.5 Å². The summed E-state index contributed by atoms with van der Waals surface area (Å²) in [5, 5.41) is 9.07. The Labute approximate surface area is 169 Å². The van der Waals surface area contributed by atoms with E-state index >= 15 is 0 Å². The van der Waals surface area contributed by atoms with Crippen LogP contribution >= 0.6 is 11.3 Å². The number of aromatic nitrogens is 1. The monoisotopic (exact) mass is 397 g/mol. The zero-order valence-corrected chi connectivity index (χ0v) is 17.1. The van der Waals surface area contributed by atoms with Gasteiger partial charge in [-0.3, -0.25) is 4.79 Å². The van der Waals surface area contributed by atoms with Gasteiger partial charge >= 0.3 is 0 Å². The lowest BCUT2D eigenvalue weighted by Gasteiger charge is -2.12. The Morgan fingerprint density at radius 1 is 1.11 bits per heavy atom. The number of rotatable bonds is 8. The number of anilines is 3. The normalized spacial score (nSPS) is 11.7. The van der Waals surface area contributed by atoms with E-state index in [1.54, 1.807) is 18.4 Å². The van der Waals surface area contributed by atoms with Crippen LogP contribution < -0.4 is 20.3 Å². The number of nitrogens with zero attached hydrogens (tertiary/aromatic N) is 1. The highest BCUT2D eigenvalue weighted by molar-refractivity contribution is 7.13. The molecule has 2 aromatic carbocycles. The average Bonchev–Trinajstić information content (AvgIpc) is 3.10. The van der Waals surface area contributed by atoms with Gasteiger partial charge in [0.25, 0.3) is 5.91 Å². The smallest absolute Gasteiger partial charge is 0.279 e. The van der Waals surface area contributed by atoms with Crippen molar-refractivity contribution in [2.75, 3.05) is 31.3 Å². The molecule has 0 saturated heterocycles. The molecule has 3 N–H and O–H groups in total. The number of hydrogen-bond acceptors (Lipinski definition) is 5. The number of methoxy groups -OCH3 is 1. The van der Waals surface area contributed by atoms with Crippen molar-refractivity contribution >= 4 is 33.8 Å². The number of ether oxygens (including phenoxy) is 1. The van der Waals surface area contributed by atoms with Gasteiger partial charge < -0.3 is 20.3 Å². The second-order valence-electron chi connectivity index (χ2n) is 6.72. The van der Waals surface area contributed by atoms with Gasteiger partial charge in [0, 0.05) is 16.8 Å². The van der Waals surface area contributed by atoms with Crippen molar-refractivity contribution in [3.05, 3.63) is 65.2 Å². The lowest BCUT2D eigenvalue weighted by Crippen LogP contribution is -3.08. The Morgan fingerprint density at radius 2 is 1.79 bits per heavy atom. The molecule has 0 bridgehead atoms. The first-order valence-electron chi connectivity index (χ1n) is 9.05. The van der Waals surface area contributed by atoms with Crippen molar-refractivity contribution in [1.29, 1.82) is 0 Å². The second-order valence-corrected chi connectivity index (χ2v) is 7.58. The van der Waals surface area contributed by atoms with Crippen LogP contribution in [0.3, 0.4) is 0 Å². The summed E-state index contributed by atoms with van der Waals surface area (Å²) in [6, 6.07) is 15.5. The zero-order valence-electron chi connectivity index (χ0n) is 16.3. The predicted octanol–water partition coefficient (Wildman–Crippen LogP) is 2.86. The van der Waals surface area contributed by atoms with Crippen LogP contribution in [0.4, 0.5) is 16.5 Å². The van der Waals surface area contributed by atoms with Crippen LogP contribution in [0.25, 0.3) is 0 Å². The summed E-state index contributed by atoms with van der Waals surface area (Å²) < 4.78 is 5.17. The van der Waals surface area contributed by atoms with Gasteiger partial charge in [0.2, 0.25) is 0 Å². The lowest BCUT2D eigenvalue weighted by atomic mass is 10.2. The van der Waals surface area contributed by atoms with Crippen LogP contribution in [0, 0.1) is 6.92 Å². The summed E-state index contributed by atoms with van der Waals surface area (Å²) in [5.41, 5.74) is 3.91. The Balaban J connectivity index is 1.49. The SMILES string of the molecule is COc1ccc(Nc2nc(C[NH+](C)CC(=O)Nc3ccc(C)cc3)cs2)cc1. The van der Waals surface area contributed by atoms with Crippen molar-refractivity contribution in [1.82, 2.24) is 4.98 Å². The average molecular weight is 398 g/mol. The molecule has 3 rings (SSSR count). The molecule has 7 heteroatoms. The highest BCUT2D eigenvalue weighted by Crippen LogP contribution is 2.22. The van der Waals surface area contributed by atoms with Gasteiger partial charge in [0.05, 0.1) is 14.2 Å². The standard InChI is InChI=1S/C21H24N4O2S/c1-15-4-6-16(7-5-15)22-20(26)13-25(2)12-18-14-28-21(24-18)23-17-8-10-19(27-3)11-9-17/h4-11,14H,12-13H2,1-3H3,(H,22,26)(H,23,24)/p+1. The predicted molar refractivity (Wildman–Crippen MR) is 114 cm³/mol. The largest absolute Gasteiger partial charge is 0.497 e. The number of carbonyl (C=O) groups excluding carboxylic acids is 1. The minimum Gasteiger partial charge on any atom is -0.497 e. The molecule has 0 aliphatic carbocycles. The maximum atomic E-state index is 12.2. The molecule has 0 spiro atoms. The summed E-state index contributed by atoms with van der Waals surface area (Å²) in [6.45, 7) is 3.09. The molecule has 1 aromatic heterocycles. The van der Waals surface area contributed by atoms with Crippen LogP contribution in [0.2, 0.25) is 0 Å². The molecule has 1 amide bonds. The Kier molecular flexibility index (Phi) is 6.62. The number of nitrogens with one attached hydrogen (secondary N) is 3. The van der Waals surface area contributed by atoms with E-state index in [0.29, 0.717) is 13.1 Å². The van der Waals surface area contributed by atoms with Gasteiger partial charge in [-0.15, -0.1) is 11.3 Å². The zero-order chi connectivity index (χ0) is 19.9. The number of thiazole rings is 1. The number of benzene rings is 2. The molecule has 0 fully saturated rings. The maximum Gasteiger partial charge on any atom is 0.279 e. The minimum atomic E-state index is -0.00633. The third kappa shape index (κ3) is 5.80. The van der Waals surface area contributed by atoms with E-state index in [0.717, 1.165) is 32.8 Å². The Morgan fingerprint density at radius 3 is 2.46 bits per heavy atom. The summed E-state index contributed by atoms with van der Waals surface area (Å²) in [7, 11) is 3.64. The van der Waals surface area contributed by atoms with Crippen LogP contribution in [-0.4, -0.2) is 31.6 Å². The third-order valence-corrected chi connectivity index (χ3v) is 4.98. The molecule has 1 unspecified atom stereocenters. The highest BCUT2D eigenvalue weighted by Gasteiger charge is 2.13. The summed E-state index contributed by atoms with van der Waals surface area (Å²) in [6.07, 6.45) is 0. The van der Waals surface area contributed by atoms with Crippen LogP contribution in [0.5, 0.6) is 5.75 Å². The lowest BCUT2D eigenvalue weighted by molar-refractivity contribution is -0.885. The van der Waals surface area contributed by atoms with Crippen LogP contribution in [-0.2, 0) is 11.3 Å². The summed E-state index contributed by atoms with van der Waals surface area (Å²) >= 11 is 1.55. The fourth-order valence-corrected chi connectivity index (χ4v) is 3.46. The van der Waals surface area contributed by atoms with Crippen molar-refractivity contribution in [3.8, 4) is 5.75 Å². The van der Waals surface area contributed by atoms with Crippen LogP contribution in [0.1, 0.15) is 11.3 Å². The van der Waals surface area contributed by atoms with Gasteiger partial charge in [-0.25, -0.2) is 4.98 Å². The van der Waals surface area contributed by atoms with Gasteiger partial charge in [0.1, 0.15) is 18.0 Å². The fourth-order valence-electron chi connectivity index (χ4n) is 2.73. The second kappa shape index (κ2) is 9.34. The number of aryl methyl sites for hydroxylation is 1. The first-order valence-corrected chi connectivity index (χ1v) is 9.93. The number of carbonyl (C=O) groups is 1. The van der Waals surface area contributed by atoms with Crippen molar-refractivity contribution in [2.24, 2.45) is 0 Å². The highest BCUT2D eigenvalue weighted by atomic mass is 32.1. The van der Waals surface area contributed by atoms with Crippen molar-refractivity contribution < 1.29 is 14.4 Å². The van der Waals surface area contributed by atoms with Gasteiger partial charge in [-0.05, 0) is 43.3 Å². The molecule has 0 saturated carbocycles. The quantitative estimate of drug-likeness (QED) is 0.547. The molecule has 1 heterocycles. The molecular formula is C21H25N4O2S+. The van der Waals surface area contributed by atoms with E-state index < -0.39 is 0 Å². The fraction of sp³-hybridized carbons (Fsp3) is 0.238. The van der Waals surface area contributed by atoms with E-state index in [-0.39, 0.29) is 5.91 Å². The molecule has 28 heavy (non-hydrogen) atoms. The minimum absolute atomic E-state index is 0.00633. The molecule has 0 radical (unpaired) electrons. The van der Waals surface area contributed by atoms with E-state index in [9.17, 15) is 4.79 Å². The summed E-state index contributed by atoms with van der Waals surface area (Å²) in [4.78, 5) is 17.9. The molecule has 6 nitrogen and oxygen atoms in total.